The van der Waals surface area contributed by atoms with Gasteiger partial charge in [-0.2, -0.15) is 13.2 Å². The van der Waals surface area contributed by atoms with E-state index in [4.69, 9.17) is 5.73 Å². The molecule has 1 fully saturated rings. The number of alkyl halides is 3. The largest absolute Gasteiger partial charge is 0.416 e. The van der Waals surface area contributed by atoms with E-state index in [2.05, 4.69) is 0 Å². The van der Waals surface area contributed by atoms with Gasteiger partial charge in [0.2, 0.25) is 0 Å². The summed E-state index contributed by atoms with van der Waals surface area (Å²) in [5.74, 6) is -1.03. The molecule has 2 nitrogen and oxygen atoms in total. The van der Waals surface area contributed by atoms with Gasteiger partial charge in [0.05, 0.1) is 17.7 Å². The number of nitrogens with two attached hydrogens (primary N) is 1. The summed E-state index contributed by atoms with van der Waals surface area (Å²) in [5, 5.41) is 10.3. The molecule has 0 unspecified atom stereocenters. The summed E-state index contributed by atoms with van der Waals surface area (Å²) in [7, 11) is 0. The highest BCUT2D eigenvalue weighted by molar-refractivity contribution is 5.85. The van der Waals surface area contributed by atoms with Crippen molar-refractivity contribution in [3.05, 3.63) is 35.1 Å². The van der Waals surface area contributed by atoms with Gasteiger partial charge in [0.1, 0.15) is 5.82 Å². The Balaban J connectivity index is 0.00000242. The second kappa shape index (κ2) is 7.62. The Kier molecular flexibility index (Phi) is 6.65. The summed E-state index contributed by atoms with van der Waals surface area (Å²) in [6.07, 6.45) is -0.930. The maximum atomic E-state index is 13.4. The van der Waals surface area contributed by atoms with E-state index in [0.29, 0.717) is 6.07 Å². The number of hydrogen-bond acceptors (Lipinski definition) is 2. The van der Waals surface area contributed by atoms with Crippen LogP contribution in [0.1, 0.15) is 49.3 Å². The first-order valence-electron chi connectivity index (χ1n) is 7.10. The first-order valence-corrected chi connectivity index (χ1v) is 7.10. The van der Waals surface area contributed by atoms with Crippen LogP contribution in [0.5, 0.6) is 0 Å². The number of aliphatic hydroxyl groups is 1. The van der Waals surface area contributed by atoms with E-state index >= 15 is 0 Å². The third-order valence-corrected chi connectivity index (χ3v) is 4.13. The third-order valence-electron chi connectivity index (χ3n) is 4.13. The van der Waals surface area contributed by atoms with Gasteiger partial charge in [0.15, 0.2) is 0 Å². The first kappa shape index (κ1) is 19.2. The lowest BCUT2D eigenvalue weighted by Gasteiger charge is -2.30. The molecule has 3 N–H and O–H groups in total. The maximum Gasteiger partial charge on any atom is 0.416 e. The minimum atomic E-state index is -4.63. The van der Waals surface area contributed by atoms with E-state index in [0.717, 1.165) is 44.2 Å². The molecular weight excluding hydrogens is 322 g/mol. The van der Waals surface area contributed by atoms with Crippen LogP contribution in [0.25, 0.3) is 0 Å². The lowest BCUT2D eigenvalue weighted by atomic mass is 9.81. The fourth-order valence-electron chi connectivity index (χ4n) is 2.93. The van der Waals surface area contributed by atoms with Crippen LogP contribution < -0.4 is 5.73 Å². The Morgan fingerprint density at radius 2 is 1.68 bits per heavy atom. The summed E-state index contributed by atoms with van der Waals surface area (Å²) in [5.41, 5.74) is 4.77. The first-order chi connectivity index (χ1) is 9.79. The Hall–Kier alpha value is -0.850. The van der Waals surface area contributed by atoms with Crippen molar-refractivity contribution in [2.24, 2.45) is 11.7 Å². The van der Waals surface area contributed by atoms with Crippen LogP contribution in [0.15, 0.2) is 18.2 Å². The zero-order chi connectivity index (χ0) is 15.6. The van der Waals surface area contributed by atoms with Crippen molar-refractivity contribution < 1.29 is 22.7 Å². The van der Waals surface area contributed by atoms with Crippen molar-refractivity contribution in [3.63, 3.8) is 0 Å². The van der Waals surface area contributed by atoms with E-state index in [9.17, 15) is 22.7 Å². The monoisotopic (exact) mass is 341 g/mol. The number of hydrogen-bond donors (Lipinski definition) is 2. The highest BCUT2D eigenvalue weighted by Gasteiger charge is 2.33. The van der Waals surface area contributed by atoms with Gasteiger partial charge in [-0.3, -0.25) is 0 Å². The highest BCUT2D eigenvalue weighted by Crippen LogP contribution is 2.34. The summed E-state index contributed by atoms with van der Waals surface area (Å²) in [6, 6.07) is 1.21. The predicted molar refractivity (Wildman–Crippen MR) is 78.2 cm³/mol. The average Bonchev–Trinajstić information content (AvgIpc) is 2.45. The standard InChI is InChI=1S/C15H19F4NO.ClH/c16-12-7-10(6-11(8-12)15(17,18)19)13(20)14(21)9-4-2-1-3-5-9;/h6-9,13-14,21H,1-5,20H2;1H/t13-,14+;/m1./s1. The quantitative estimate of drug-likeness (QED) is 0.809. The van der Waals surface area contributed by atoms with Crippen LogP contribution in [0.4, 0.5) is 17.6 Å². The summed E-state index contributed by atoms with van der Waals surface area (Å²) in [4.78, 5) is 0. The molecule has 0 heterocycles. The molecule has 1 aromatic carbocycles. The minimum Gasteiger partial charge on any atom is -0.391 e. The average molecular weight is 342 g/mol. The van der Waals surface area contributed by atoms with E-state index in [-0.39, 0.29) is 23.9 Å². The summed E-state index contributed by atoms with van der Waals surface area (Å²) >= 11 is 0. The van der Waals surface area contributed by atoms with Crippen LogP contribution >= 0.6 is 12.4 Å². The molecule has 1 saturated carbocycles. The molecule has 0 aliphatic heterocycles. The molecule has 0 radical (unpaired) electrons. The molecule has 0 saturated heterocycles. The Morgan fingerprint density at radius 1 is 1.09 bits per heavy atom. The van der Waals surface area contributed by atoms with E-state index < -0.39 is 29.7 Å². The summed E-state index contributed by atoms with van der Waals surface area (Å²) < 4.78 is 51.5. The fourth-order valence-corrected chi connectivity index (χ4v) is 2.93. The fraction of sp³-hybridized carbons (Fsp3) is 0.600. The molecule has 1 aliphatic carbocycles. The molecule has 1 aliphatic rings. The number of aliphatic hydroxyl groups excluding tert-OH is 1. The van der Waals surface area contributed by atoms with E-state index in [1.165, 1.54) is 0 Å². The molecular formula is C15H20ClF4NO. The molecule has 22 heavy (non-hydrogen) atoms. The van der Waals surface area contributed by atoms with Gasteiger partial charge in [-0.1, -0.05) is 19.3 Å². The maximum absolute atomic E-state index is 13.4. The van der Waals surface area contributed by atoms with Gasteiger partial charge in [0, 0.05) is 0 Å². The Bertz CT molecular complexity index is 489. The summed E-state index contributed by atoms with van der Waals surface area (Å²) in [6.45, 7) is 0. The van der Waals surface area contributed by atoms with Gasteiger partial charge >= 0.3 is 6.18 Å². The zero-order valence-corrected chi connectivity index (χ0v) is 12.8. The second-order valence-electron chi connectivity index (χ2n) is 5.69. The van der Waals surface area contributed by atoms with Crippen LogP contribution in [-0.2, 0) is 6.18 Å². The van der Waals surface area contributed by atoms with Gasteiger partial charge in [-0.15, -0.1) is 12.4 Å². The molecule has 1 aromatic rings. The normalized spacial score (nSPS) is 19.4. The zero-order valence-electron chi connectivity index (χ0n) is 11.9. The molecule has 2 rings (SSSR count). The molecule has 0 amide bonds. The smallest absolute Gasteiger partial charge is 0.391 e. The minimum absolute atomic E-state index is 0. The van der Waals surface area contributed by atoms with Crippen molar-refractivity contribution in [2.75, 3.05) is 0 Å². The number of benzene rings is 1. The van der Waals surface area contributed by atoms with Gasteiger partial charge in [-0.05, 0) is 42.5 Å². The number of rotatable bonds is 3. The Labute approximate surface area is 133 Å². The second-order valence-corrected chi connectivity index (χ2v) is 5.69. The van der Waals surface area contributed by atoms with Gasteiger partial charge < -0.3 is 10.8 Å². The SMILES string of the molecule is Cl.N[C@H](c1cc(F)cc(C(F)(F)F)c1)[C@@H](O)C1CCCCC1. The van der Waals surface area contributed by atoms with Gasteiger partial charge in [-0.25, -0.2) is 4.39 Å². The van der Waals surface area contributed by atoms with Crippen LogP contribution in [0.2, 0.25) is 0 Å². The van der Waals surface area contributed by atoms with Crippen molar-refractivity contribution >= 4 is 12.4 Å². The van der Waals surface area contributed by atoms with E-state index in [1.807, 2.05) is 0 Å². The Morgan fingerprint density at radius 3 is 2.23 bits per heavy atom. The van der Waals surface area contributed by atoms with Gasteiger partial charge in [0.25, 0.3) is 0 Å². The van der Waals surface area contributed by atoms with Crippen LogP contribution in [0, 0.1) is 11.7 Å². The van der Waals surface area contributed by atoms with E-state index in [1.54, 1.807) is 0 Å². The van der Waals surface area contributed by atoms with Crippen molar-refractivity contribution in [1.82, 2.24) is 0 Å². The number of halogens is 5. The molecule has 0 bridgehead atoms. The molecule has 126 valence electrons. The molecule has 2 atom stereocenters. The molecule has 0 aromatic heterocycles. The predicted octanol–water partition coefficient (Wildman–Crippen LogP) is 4.21. The van der Waals surface area contributed by atoms with Crippen molar-refractivity contribution in [2.45, 2.75) is 50.4 Å². The lowest BCUT2D eigenvalue weighted by Crippen LogP contribution is -2.34. The van der Waals surface area contributed by atoms with Crippen LogP contribution in [0.3, 0.4) is 0 Å². The topological polar surface area (TPSA) is 46.2 Å². The highest BCUT2D eigenvalue weighted by atomic mass is 35.5. The van der Waals surface area contributed by atoms with Crippen LogP contribution in [-0.4, -0.2) is 11.2 Å². The third kappa shape index (κ3) is 4.57. The molecule has 0 spiro atoms. The lowest BCUT2D eigenvalue weighted by molar-refractivity contribution is -0.137. The van der Waals surface area contributed by atoms with Crippen molar-refractivity contribution in [1.29, 1.82) is 0 Å². The molecule has 7 heteroatoms. The van der Waals surface area contributed by atoms with Crippen molar-refractivity contribution in [3.8, 4) is 0 Å².